The zero-order chi connectivity index (χ0) is 18.7. The van der Waals surface area contributed by atoms with Gasteiger partial charge in [-0.1, -0.05) is 55.4 Å². The average molecular weight is 349 g/mol. The van der Waals surface area contributed by atoms with Gasteiger partial charge >= 0.3 is 5.97 Å². The standard InChI is InChI=1S/C22H23NO3/c1-22(2)13-12-20(23-26-3)18-14-16(8-11-19(18)22)5-4-15-6-9-17(10-7-15)21(24)25/h4-11,14H,12-13H2,1-3H3,(H,24,25). The Hall–Kier alpha value is -2.88. The minimum atomic E-state index is -0.914. The van der Waals surface area contributed by atoms with Crippen LogP contribution in [0.4, 0.5) is 0 Å². The van der Waals surface area contributed by atoms with Crippen molar-refractivity contribution in [3.05, 3.63) is 70.3 Å². The second-order valence-corrected chi connectivity index (χ2v) is 7.17. The van der Waals surface area contributed by atoms with Crippen molar-refractivity contribution < 1.29 is 14.7 Å². The van der Waals surface area contributed by atoms with E-state index in [1.807, 2.05) is 12.2 Å². The van der Waals surface area contributed by atoms with Crippen molar-refractivity contribution in [3.8, 4) is 0 Å². The van der Waals surface area contributed by atoms with E-state index in [0.29, 0.717) is 5.56 Å². The topological polar surface area (TPSA) is 58.9 Å². The van der Waals surface area contributed by atoms with E-state index < -0.39 is 5.97 Å². The molecule has 0 spiro atoms. The second-order valence-electron chi connectivity index (χ2n) is 7.17. The average Bonchev–Trinajstić information content (AvgIpc) is 2.63. The second kappa shape index (κ2) is 7.16. The predicted octanol–water partition coefficient (Wildman–Crippen LogP) is 4.98. The van der Waals surface area contributed by atoms with Crippen LogP contribution in [0.2, 0.25) is 0 Å². The highest BCUT2D eigenvalue weighted by atomic mass is 16.6. The maximum absolute atomic E-state index is 10.9. The molecular weight excluding hydrogens is 326 g/mol. The molecule has 1 aliphatic rings. The fraction of sp³-hybridized carbons (Fsp3) is 0.273. The van der Waals surface area contributed by atoms with Crippen LogP contribution in [0.3, 0.4) is 0 Å². The van der Waals surface area contributed by atoms with Crippen molar-refractivity contribution in [1.29, 1.82) is 0 Å². The molecule has 0 amide bonds. The molecule has 0 bridgehead atoms. The minimum absolute atomic E-state index is 0.122. The Bertz CT molecular complexity index is 877. The van der Waals surface area contributed by atoms with Gasteiger partial charge in [0.25, 0.3) is 0 Å². The van der Waals surface area contributed by atoms with E-state index in [-0.39, 0.29) is 5.41 Å². The van der Waals surface area contributed by atoms with Gasteiger partial charge in [-0.05, 0) is 53.1 Å². The minimum Gasteiger partial charge on any atom is -0.478 e. The van der Waals surface area contributed by atoms with Crippen molar-refractivity contribution in [2.24, 2.45) is 5.16 Å². The SMILES string of the molecule is CON=C1CCC(C)(C)c2ccc(C=Cc3ccc(C(=O)O)cc3)cc21. The third-order valence-corrected chi connectivity index (χ3v) is 4.90. The van der Waals surface area contributed by atoms with Crippen LogP contribution in [0.5, 0.6) is 0 Å². The molecule has 1 aliphatic carbocycles. The van der Waals surface area contributed by atoms with Gasteiger partial charge in [0.15, 0.2) is 0 Å². The Kier molecular flexibility index (Phi) is 4.94. The summed E-state index contributed by atoms with van der Waals surface area (Å²) in [5.41, 5.74) is 5.87. The summed E-state index contributed by atoms with van der Waals surface area (Å²) in [6.45, 7) is 4.52. The Balaban J connectivity index is 1.91. The molecule has 26 heavy (non-hydrogen) atoms. The maximum atomic E-state index is 10.9. The molecule has 1 N–H and O–H groups in total. The molecule has 0 unspecified atom stereocenters. The Morgan fingerprint density at radius 2 is 1.77 bits per heavy atom. The lowest BCUT2D eigenvalue weighted by Gasteiger charge is -2.33. The van der Waals surface area contributed by atoms with Gasteiger partial charge in [0, 0.05) is 5.56 Å². The number of carboxylic acids is 1. The monoisotopic (exact) mass is 349 g/mol. The van der Waals surface area contributed by atoms with E-state index in [1.54, 1.807) is 31.4 Å². The fourth-order valence-electron chi connectivity index (χ4n) is 3.33. The van der Waals surface area contributed by atoms with Crippen LogP contribution in [0.1, 0.15) is 59.3 Å². The Morgan fingerprint density at radius 3 is 2.42 bits per heavy atom. The number of oxime groups is 1. The van der Waals surface area contributed by atoms with Crippen LogP contribution in [0.15, 0.2) is 47.6 Å². The van der Waals surface area contributed by atoms with Gasteiger partial charge in [0.05, 0.1) is 11.3 Å². The lowest BCUT2D eigenvalue weighted by Crippen LogP contribution is -2.27. The number of rotatable bonds is 4. The summed E-state index contributed by atoms with van der Waals surface area (Å²) in [6, 6.07) is 13.3. The molecule has 2 aromatic rings. The number of fused-ring (bicyclic) bond motifs is 1. The molecule has 0 saturated carbocycles. The number of benzene rings is 2. The first-order valence-electron chi connectivity index (χ1n) is 8.67. The van der Waals surface area contributed by atoms with Crippen LogP contribution in [0.25, 0.3) is 12.2 Å². The number of aromatic carboxylic acids is 1. The van der Waals surface area contributed by atoms with E-state index in [1.165, 1.54) is 5.56 Å². The van der Waals surface area contributed by atoms with Crippen LogP contribution in [0, 0.1) is 0 Å². The van der Waals surface area contributed by atoms with E-state index >= 15 is 0 Å². The first-order valence-corrected chi connectivity index (χ1v) is 8.67. The quantitative estimate of drug-likeness (QED) is 0.626. The van der Waals surface area contributed by atoms with Crippen LogP contribution in [-0.4, -0.2) is 23.9 Å². The first-order chi connectivity index (χ1) is 12.4. The molecule has 0 heterocycles. The highest BCUT2D eigenvalue weighted by Crippen LogP contribution is 2.37. The summed E-state index contributed by atoms with van der Waals surface area (Å²) >= 11 is 0. The van der Waals surface area contributed by atoms with Crippen LogP contribution in [-0.2, 0) is 10.3 Å². The molecular formula is C22H23NO3. The summed E-state index contributed by atoms with van der Waals surface area (Å²) < 4.78 is 0. The van der Waals surface area contributed by atoms with E-state index in [4.69, 9.17) is 9.94 Å². The number of hydrogen-bond donors (Lipinski definition) is 1. The summed E-state index contributed by atoms with van der Waals surface area (Å²) in [4.78, 5) is 16.0. The molecule has 134 valence electrons. The van der Waals surface area contributed by atoms with Crippen molar-refractivity contribution in [1.82, 2.24) is 0 Å². The zero-order valence-corrected chi connectivity index (χ0v) is 15.3. The van der Waals surface area contributed by atoms with Crippen LogP contribution >= 0.6 is 0 Å². The van der Waals surface area contributed by atoms with Crippen molar-refractivity contribution >= 4 is 23.8 Å². The van der Waals surface area contributed by atoms with Gasteiger partial charge in [0.2, 0.25) is 0 Å². The van der Waals surface area contributed by atoms with Crippen LogP contribution < -0.4 is 0 Å². The van der Waals surface area contributed by atoms with Gasteiger partial charge < -0.3 is 9.94 Å². The van der Waals surface area contributed by atoms with Crippen molar-refractivity contribution in [2.75, 3.05) is 7.11 Å². The Labute approximate surface area is 153 Å². The molecule has 0 aromatic heterocycles. The summed E-state index contributed by atoms with van der Waals surface area (Å²) in [6.07, 6.45) is 5.96. The molecule has 2 aromatic carbocycles. The van der Waals surface area contributed by atoms with Gasteiger partial charge in [-0.2, -0.15) is 0 Å². The predicted molar refractivity (Wildman–Crippen MR) is 105 cm³/mol. The molecule has 4 nitrogen and oxygen atoms in total. The molecule has 0 aliphatic heterocycles. The maximum Gasteiger partial charge on any atom is 0.335 e. The summed E-state index contributed by atoms with van der Waals surface area (Å²) in [7, 11) is 1.58. The molecule has 0 fully saturated rings. The van der Waals surface area contributed by atoms with E-state index in [2.05, 4.69) is 37.2 Å². The Morgan fingerprint density at radius 1 is 1.12 bits per heavy atom. The molecule has 3 rings (SSSR count). The summed E-state index contributed by atoms with van der Waals surface area (Å²) in [5.74, 6) is -0.914. The van der Waals surface area contributed by atoms with E-state index in [0.717, 1.165) is 35.2 Å². The van der Waals surface area contributed by atoms with E-state index in [9.17, 15) is 4.79 Å². The van der Waals surface area contributed by atoms with Gasteiger partial charge in [0.1, 0.15) is 7.11 Å². The number of nitrogens with zero attached hydrogens (tertiary/aromatic N) is 1. The normalized spacial score (nSPS) is 17.3. The number of carbonyl (C=O) groups is 1. The largest absolute Gasteiger partial charge is 0.478 e. The molecule has 0 saturated heterocycles. The fourth-order valence-corrected chi connectivity index (χ4v) is 3.33. The molecule has 0 atom stereocenters. The third-order valence-electron chi connectivity index (χ3n) is 4.90. The molecule has 4 heteroatoms. The van der Waals surface area contributed by atoms with Crippen molar-refractivity contribution in [3.63, 3.8) is 0 Å². The molecule has 0 radical (unpaired) electrons. The van der Waals surface area contributed by atoms with Crippen molar-refractivity contribution in [2.45, 2.75) is 32.1 Å². The van der Waals surface area contributed by atoms with Gasteiger partial charge in [-0.15, -0.1) is 0 Å². The van der Waals surface area contributed by atoms with Gasteiger partial charge in [-0.3, -0.25) is 0 Å². The van der Waals surface area contributed by atoms with Gasteiger partial charge in [-0.25, -0.2) is 4.79 Å². The zero-order valence-electron chi connectivity index (χ0n) is 15.3. The lowest BCUT2D eigenvalue weighted by atomic mass is 9.71. The summed E-state index contributed by atoms with van der Waals surface area (Å²) in [5, 5.41) is 13.2. The first kappa shape index (κ1) is 17.9. The third kappa shape index (κ3) is 3.69. The number of carboxylic acid groups (broad SMARTS) is 1. The highest BCUT2D eigenvalue weighted by molar-refractivity contribution is 6.03. The highest BCUT2D eigenvalue weighted by Gasteiger charge is 2.30. The number of hydrogen-bond acceptors (Lipinski definition) is 3. The lowest BCUT2D eigenvalue weighted by molar-refractivity contribution is 0.0697. The smallest absolute Gasteiger partial charge is 0.335 e.